The third kappa shape index (κ3) is 3.11. The fourth-order valence-electron chi connectivity index (χ4n) is 8.56. The molecular formula is C25H40O3. The standard InChI is InChI=1S/C25H40O3/c1-16(6-5-13-28-4)19-7-8-20-18-15-23(27)22-14-17(26)9-11-25(22,3)21(18)10-12-24(19,20)2/h16,18-22H,5-15H2,1-4H3/t16?,18?,19?,20?,21?,22?,24-,25-/m1/s1. The highest BCUT2D eigenvalue weighted by Crippen LogP contribution is 2.67. The first kappa shape index (κ1) is 20.6. The van der Waals surface area contributed by atoms with Gasteiger partial charge in [0.05, 0.1) is 0 Å². The first-order valence-corrected chi connectivity index (χ1v) is 11.8. The molecule has 0 aromatic carbocycles. The number of fused-ring (bicyclic) bond motifs is 5. The van der Waals surface area contributed by atoms with Crippen LogP contribution in [0.4, 0.5) is 0 Å². The van der Waals surface area contributed by atoms with E-state index in [2.05, 4.69) is 20.8 Å². The third-order valence-corrected chi connectivity index (χ3v) is 10.0. The summed E-state index contributed by atoms with van der Waals surface area (Å²) in [6.07, 6.45) is 10.6. The number of ketones is 2. The molecule has 6 unspecified atom stereocenters. The molecule has 0 aromatic heterocycles. The van der Waals surface area contributed by atoms with Crippen molar-refractivity contribution in [2.24, 2.45) is 46.3 Å². The van der Waals surface area contributed by atoms with Gasteiger partial charge in [0.15, 0.2) is 0 Å². The van der Waals surface area contributed by atoms with Crippen LogP contribution in [0.15, 0.2) is 0 Å². The number of ether oxygens (including phenoxy) is 1. The zero-order valence-corrected chi connectivity index (χ0v) is 18.5. The van der Waals surface area contributed by atoms with E-state index in [4.69, 9.17) is 4.74 Å². The number of hydrogen-bond donors (Lipinski definition) is 0. The van der Waals surface area contributed by atoms with Crippen molar-refractivity contribution in [2.75, 3.05) is 13.7 Å². The minimum absolute atomic E-state index is 0.0181. The van der Waals surface area contributed by atoms with E-state index in [-0.39, 0.29) is 11.3 Å². The van der Waals surface area contributed by atoms with E-state index in [1.807, 2.05) is 0 Å². The number of carbonyl (C=O) groups excluding carboxylic acids is 2. The Morgan fingerprint density at radius 3 is 2.54 bits per heavy atom. The van der Waals surface area contributed by atoms with E-state index in [9.17, 15) is 9.59 Å². The van der Waals surface area contributed by atoms with Gasteiger partial charge in [-0.25, -0.2) is 0 Å². The van der Waals surface area contributed by atoms with Gasteiger partial charge in [-0.1, -0.05) is 20.8 Å². The second-order valence-electron chi connectivity index (χ2n) is 11.2. The van der Waals surface area contributed by atoms with Crippen LogP contribution in [0.25, 0.3) is 0 Å². The lowest BCUT2D eigenvalue weighted by atomic mass is 9.44. The Kier molecular flexibility index (Phi) is 5.53. The molecule has 0 N–H and O–H groups in total. The van der Waals surface area contributed by atoms with Gasteiger partial charge >= 0.3 is 0 Å². The summed E-state index contributed by atoms with van der Waals surface area (Å²) in [4.78, 5) is 25.2. The smallest absolute Gasteiger partial charge is 0.137 e. The van der Waals surface area contributed by atoms with Crippen molar-refractivity contribution in [3.8, 4) is 0 Å². The lowest BCUT2D eigenvalue weighted by Gasteiger charge is -2.59. The van der Waals surface area contributed by atoms with Crippen LogP contribution < -0.4 is 0 Å². The first-order chi connectivity index (χ1) is 13.3. The Balaban J connectivity index is 1.54. The largest absolute Gasteiger partial charge is 0.385 e. The molecule has 0 saturated heterocycles. The van der Waals surface area contributed by atoms with Crippen LogP contribution >= 0.6 is 0 Å². The third-order valence-electron chi connectivity index (χ3n) is 10.0. The molecule has 3 nitrogen and oxygen atoms in total. The highest BCUT2D eigenvalue weighted by atomic mass is 16.5. The molecule has 0 aliphatic heterocycles. The van der Waals surface area contributed by atoms with Crippen molar-refractivity contribution in [2.45, 2.75) is 85.0 Å². The molecule has 3 heteroatoms. The molecule has 0 bridgehead atoms. The minimum atomic E-state index is 0.0181. The van der Waals surface area contributed by atoms with Gasteiger partial charge in [0, 0.05) is 38.9 Å². The van der Waals surface area contributed by atoms with Crippen LogP contribution in [-0.2, 0) is 14.3 Å². The SMILES string of the molecule is COCCCC(C)C1CCC2C3CC(=O)C4CC(=O)CC[C@]4(C)C3CC[C@]12C. The average molecular weight is 389 g/mol. The lowest BCUT2D eigenvalue weighted by Crippen LogP contribution is -2.56. The molecule has 28 heavy (non-hydrogen) atoms. The Morgan fingerprint density at radius 2 is 1.79 bits per heavy atom. The Morgan fingerprint density at radius 1 is 1.04 bits per heavy atom. The van der Waals surface area contributed by atoms with Crippen LogP contribution in [-0.4, -0.2) is 25.3 Å². The van der Waals surface area contributed by atoms with E-state index < -0.39 is 0 Å². The number of hydrogen-bond acceptors (Lipinski definition) is 3. The zero-order chi connectivity index (χ0) is 20.1. The second kappa shape index (κ2) is 7.52. The van der Waals surface area contributed by atoms with Gasteiger partial charge in [-0.15, -0.1) is 0 Å². The summed E-state index contributed by atoms with van der Waals surface area (Å²) in [5.74, 6) is 4.23. The molecule has 4 aliphatic rings. The monoisotopic (exact) mass is 388 g/mol. The quantitative estimate of drug-likeness (QED) is 0.588. The van der Waals surface area contributed by atoms with Gasteiger partial charge in [0.1, 0.15) is 11.6 Å². The van der Waals surface area contributed by atoms with Crippen molar-refractivity contribution in [1.82, 2.24) is 0 Å². The van der Waals surface area contributed by atoms with Gasteiger partial charge in [-0.2, -0.15) is 0 Å². The van der Waals surface area contributed by atoms with E-state index >= 15 is 0 Å². The maximum atomic E-state index is 13.2. The minimum Gasteiger partial charge on any atom is -0.385 e. The van der Waals surface area contributed by atoms with E-state index in [1.54, 1.807) is 7.11 Å². The molecule has 4 fully saturated rings. The highest BCUT2D eigenvalue weighted by Gasteiger charge is 2.62. The molecule has 0 aromatic rings. The van der Waals surface area contributed by atoms with Crippen LogP contribution in [0.1, 0.15) is 85.0 Å². The normalized spacial score (nSPS) is 46.6. The number of carbonyl (C=O) groups is 2. The molecule has 4 saturated carbocycles. The maximum Gasteiger partial charge on any atom is 0.137 e. The predicted molar refractivity (Wildman–Crippen MR) is 111 cm³/mol. The van der Waals surface area contributed by atoms with Crippen LogP contribution in [0, 0.1) is 46.3 Å². The maximum absolute atomic E-state index is 13.2. The lowest BCUT2D eigenvalue weighted by molar-refractivity contribution is -0.159. The summed E-state index contributed by atoms with van der Waals surface area (Å²) in [5.41, 5.74) is 0.485. The van der Waals surface area contributed by atoms with Crippen molar-refractivity contribution in [1.29, 1.82) is 0 Å². The van der Waals surface area contributed by atoms with Gasteiger partial charge in [0.2, 0.25) is 0 Å². The van der Waals surface area contributed by atoms with Gasteiger partial charge in [-0.3, -0.25) is 9.59 Å². The van der Waals surface area contributed by atoms with Gasteiger partial charge in [0.25, 0.3) is 0 Å². The van der Waals surface area contributed by atoms with Crippen LogP contribution in [0.2, 0.25) is 0 Å². The summed E-state index contributed by atoms with van der Waals surface area (Å²) >= 11 is 0. The van der Waals surface area contributed by atoms with Crippen molar-refractivity contribution in [3.63, 3.8) is 0 Å². The zero-order valence-electron chi connectivity index (χ0n) is 18.5. The number of methoxy groups -OCH3 is 1. The van der Waals surface area contributed by atoms with Crippen molar-refractivity contribution < 1.29 is 14.3 Å². The Bertz CT molecular complexity index is 627. The van der Waals surface area contributed by atoms with Crippen LogP contribution in [0.3, 0.4) is 0 Å². The molecule has 8 atom stereocenters. The van der Waals surface area contributed by atoms with E-state index in [0.29, 0.717) is 47.6 Å². The fraction of sp³-hybridized carbons (Fsp3) is 0.920. The van der Waals surface area contributed by atoms with E-state index in [1.165, 1.54) is 32.1 Å². The predicted octanol–water partition coefficient (Wildman–Crippen LogP) is 5.46. The molecule has 4 rings (SSSR count). The molecule has 0 amide bonds. The molecule has 0 heterocycles. The van der Waals surface area contributed by atoms with E-state index in [0.717, 1.165) is 37.7 Å². The molecule has 4 aliphatic carbocycles. The van der Waals surface area contributed by atoms with Gasteiger partial charge < -0.3 is 4.74 Å². The van der Waals surface area contributed by atoms with Crippen LogP contribution in [0.5, 0.6) is 0 Å². The van der Waals surface area contributed by atoms with Crippen molar-refractivity contribution >= 4 is 11.6 Å². The summed E-state index contributed by atoms with van der Waals surface area (Å²) < 4.78 is 5.28. The van der Waals surface area contributed by atoms with Crippen molar-refractivity contribution in [3.05, 3.63) is 0 Å². The average Bonchev–Trinajstić information content (AvgIpc) is 3.01. The first-order valence-electron chi connectivity index (χ1n) is 11.8. The number of rotatable bonds is 5. The Hall–Kier alpha value is -0.700. The Labute approximate surface area is 171 Å². The summed E-state index contributed by atoms with van der Waals surface area (Å²) in [6, 6.07) is 0. The summed E-state index contributed by atoms with van der Waals surface area (Å²) in [7, 11) is 1.80. The topological polar surface area (TPSA) is 43.4 Å². The molecule has 158 valence electrons. The summed E-state index contributed by atoms with van der Waals surface area (Å²) in [6.45, 7) is 8.24. The van der Waals surface area contributed by atoms with Gasteiger partial charge in [-0.05, 0) is 85.4 Å². The molecular weight excluding hydrogens is 348 g/mol. The highest BCUT2D eigenvalue weighted by molar-refractivity contribution is 5.90. The number of Topliss-reactive ketones (excluding diaryl/α,β-unsaturated/α-hetero) is 2. The summed E-state index contributed by atoms with van der Waals surface area (Å²) in [5, 5.41) is 0. The molecule has 0 radical (unpaired) electrons. The fourth-order valence-corrected chi connectivity index (χ4v) is 8.56. The second-order valence-corrected chi connectivity index (χ2v) is 11.2. The molecule has 0 spiro atoms.